The molecular weight excluding hydrogens is 438 g/mol. The molecule has 0 saturated carbocycles. The fourth-order valence-electron chi connectivity index (χ4n) is 3.77. The zero-order chi connectivity index (χ0) is 23.6. The van der Waals surface area contributed by atoms with E-state index in [1.165, 1.54) is 23.5 Å². The summed E-state index contributed by atoms with van der Waals surface area (Å²) in [5.74, 6) is -0.949. The van der Waals surface area contributed by atoms with Gasteiger partial charge in [-0.05, 0) is 49.4 Å². The Bertz CT molecular complexity index is 1270. The number of benzene rings is 3. The van der Waals surface area contributed by atoms with Crippen molar-refractivity contribution in [2.75, 3.05) is 28.1 Å². The van der Waals surface area contributed by atoms with E-state index in [4.69, 9.17) is 0 Å². The zero-order valence-electron chi connectivity index (χ0n) is 18.4. The van der Waals surface area contributed by atoms with Gasteiger partial charge in [0.1, 0.15) is 0 Å². The molecule has 1 N–H and O–H groups in total. The van der Waals surface area contributed by atoms with Gasteiger partial charge in [-0.25, -0.2) is 8.42 Å². The van der Waals surface area contributed by atoms with Crippen molar-refractivity contribution < 1.29 is 18.0 Å². The molecule has 3 aromatic rings. The summed E-state index contributed by atoms with van der Waals surface area (Å²) in [5.41, 5.74) is 2.75. The van der Waals surface area contributed by atoms with Gasteiger partial charge < -0.3 is 10.2 Å². The van der Waals surface area contributed by atoms with Crippen molar-refractivity contribution in [1.82, 2.24) is 0 Å². The van der Waals surface area contributed by atoms with Crippen LogP contribution in [-0.2, 0) is 19.6 Å². The van der Waals surface area contributed by atoms with E-state index in [0.29, 0.717) is 11.4 Å². The third-order valence-electron chi connectivity index (χ3n) is 5.72. The first-order valence-electron chi connectivity index (χ1n) is 10.6. The molecule has 8 heteroatoms. The molecule has 0 bridgehead atoms. The van der Waals surface area contributed by atoms with Crippen LogP contribution in [0.5, 0.6) is 0 Å². The van der Waals surface area contributed by atoms with Crippen LogP contribution in [0.3, 0.4) is 0 Å². The lowest BCUT2D eigenvalue weighted by Gasteiger charge is -2.20. The summed E-state index contributed by atoms with van der Waals surface area (Å²) in [6.45, 7) is 2.25. The van der Waals surface area contributed by atoms with Gasteiger partial charge in [-0.3, -0.25) is 13.9 Å². The number of anilines is 3. The molecule has 2 amide bonds. The third kappa shape index (κ3) is 4.75. The third-order valence-corrected chi connectivity index (χ3v) is 7.50. The second-order valence-electron chi connectivity index (χ2n) is 8.07. The van der Waals surface area contributed by atoms with Crippen LogP contribution in [0.15, 0.2) is 83.8 Å². The molecule has 170 valence electrons. The minimum atomic E-state index is -3.81. The molecule has 1 atom stereocenters. The van der Waals surface area contributed by atoms with Gasteiger partial charge in [0.25, 0.3) is 10.0 Å². The number of hydrogen-bond acceptors (Lipinski definition) is 4. The number of para-hydroxylation sites is 1. The zero-order valence-corrected chi connectivity index (χ0v) is 19.2. The van der Waals surface area contributed by atoms with E-state index in [9.17, 15) is 18.0 Å². The Labute approximate surface area is 193 Å². The topological polar surface area (TPSA) is 86.8 Å². The Morgan fingerprint density at radius 1 is 1.00 bits per heavy atom. The maximum atomic E-state index is 13.1. The van der Waals surface area contributed by atoms with Crippen LogP contribution in [0, 0.1) is 12.8 Å². The maximum Gasteiger partial charge on any atom is 0.264 e. The summed E-state index contributed by atoms with van der Waals surface area (Å²) in [6.07, 6.45) is 0.106. The molecule has 0 aromatic heterocycles. The number of nitrogens with zero attached hydrogens (tertiary/aromatic N) is 2. The van der Waals surface area contributed by atoms with Gasteiger partial charge in [0, 0.05) is 31.4 Å². The molecule has 0 aliphatic carbocycles. The van der Waals surface area contributed by atoms with E-state index >= 15 is 0 Å². The van der Waals surface area contributed by atoms with Crippen molar-refractivity contribution in [3.05, 3.63) is 84.4 Å². The minimum absolute atomic E-state index is 0.0652. The van der Waals surface area contributed by atoms with E-state index in [-0.39, 0.29) is 29.7 Å². The fraction of sp³-hybridized carbons (Fsp3) is 0.200. The number of hydrogen-bond donors (Lipinski definition) is 1. The smallest absolute Gasteiger partial charge is 0.264 e. The maximum absolute atomic E-state index is 13.1. The molecule has 1 heterocycles. The largest absolute Gasteiger partial charge is 0.326 e. The van der Waals surface area contributed by atoms with Crippen molar-refractivity contribution in [3.8, 4) is 0 Å². The highest BCUT2D eigenvalue weighted by molar-refractivity contribution is 7.92. The Kier molecular flexibility index (Phi) is 6.20. The van der Waals surface area contributed by atoms with Gasteiger partial charge in [0.15, 0.2) is 0 Å². The van der Waals surface area contributed by atoms with Crippen molar-refractivity contribution in [3.63, 3.8) is 0 Å². The normalized spacial score (nSPS) is 16.0. The van der Waals surface area contributed by atoms with Crippen LogP contribution in [0.4, 0.5) is 17.1 Å². The van der Waals surface area contributed by atoms with Gasteiger partial charge in [0.05, 0.1) is 16.5 Å². The lowest BCUT2D eigenvalue weighted by Crippen LogP contribution is -2.28. The molecule has 1 aliphatic heterocycles. The van der Waals surface area contributed by atoms with E-state index in [1.54, 1.807) is 41.3 Å². The average Bonchev–Trinajstić information content (AvgIpc) is 3.21. The molecule has 1 aliphatic rings. The van der Waals surface area contributed by atoms with Gasteiger partial charge in [-0.1, -0.05) is 42.0 Å². The molecule has 1 unspecified atom stereocenters. The molecule has 33 heavy (non-hydrogen) atoms. The number of carbonyl (C=O) groups is 2. The average molecular weight is 464 g/mol. The fourth-order valence-corrected chi connectivity index (χ4v) is 5.01. The number of nitrogens with one attached hydrogen (secondary N) is 1. The summed E-state index contributed by atoms with van der Waals surface area (Å²) in [6, 6.07) is 22.5. The number of amides is 2. The molecule has 3 aromatic carbocycles. The van der Waals surface area contributed by atoms with Crippen LogP contribution in [0.2, 0.25) is 0 Å². The molecule has 0 spiro atoms. The Balaban J connectivity index is 1.48. The first-order valence-corrected chi connectivity index (χ1v) is 12.0. The van der Waals surface area contributed by atoms with Crippen molar-refractivity contribution in [2.45, 2.75) is 18.2 Å². The van der Waals surface area contributed by atoms with Crippen LogP contribution >= 0.6 is 0 Å². The first-order chi connectivity index (χ1) is 15.8. The molecule has 1 saturated heterocycles. The Hall–Kier alpha value is -3.65. The highest BCUT2D eigenvalue weighted by atomic mass is 32.2. The predicted molar refractivity (Wildman–Crippen MR) is 129 cm³/mol. The van der Waals surface area contributed by atoms with Crippen molar-refractivity contribution in [1.29, 1.82) is 0 Å². The molecule has 4 rings (SSSR count). The summed E-state index contributed by atoms with van der Waals surface area (Å²) < 4.78 is 27.3. The van der Waals surface area contributed by atoms with E-state index < -0.39 is 15.9 Å². The van der Waals surface area contributed by atoms with Crippen LogP contribution in [0.1, 0.15) is 12.0 Å². The van der Waals surface area contributed by atoms with Crippen molar-refractivity contribution >= 4 is 38.9 Å². The quantitative estimate of drug-likeness (QED) is 0.602. The molecular formula is C25H25N3O4S. The van der Waals surface area contributed by atoms with Crippen molar-refractivity contribution in [2.24, 2.45) is 5.92 Å². The second kappa shape index (κ2) is 9.07. The number of aryl methyl sites for hydroxylation is 1. The first kappa shape index (κ1) is 22.5. The monoisotopic (exact) mass is 463 g/mol. The van der Waals surface area contributed by atoms with Crippen LogP contribution < -0.4 is 14.5 Å². The molecule has 0 radical (unpaired) electrons. The number of carbonyl (C=O) groups excluding carboxylic acids is 2. The number of rotatable bonds is 6. The summed E-state index contributed by atoms with van der Waals surface area (Å²) in [5, 5.41) is 2.78. The van der Waals surface area contributed by atoms with E-state index in [1.807, 2.05) is 37.3 Å². The Morgan fingerprint density at radius 2 is 1.70 bits per heavy atom. The number of sulfonamides is 1. The van der Waals surface area contributed by atoms with Gasteiger partial charge in [0.2, 0.25) is 11.8 Å². The predicted octanol–water partition coefficient (Wildman–Crippen LogP) is 3.81. The standard InChI is InChI=1S/C25H25N3O4S/c1-18-11-13-22(14-12-18)28-17-19(15-24(28)29)25(30)26-20-7-6-10-23(16-20)33(31,32)27(2)21-8-4-3-5-9-21/h3-14,16,19H,15,17H2,1-2H3,(H,26,30). The molecule has 1 fully saturated rings. The summed E-state index contributed by atoms with van der Waals surface area (Å²) in [4.78, 5) is 27.0. The van der Waals surface area contributed by atoms with E-state index in [0.717, 1.165) is 11.3 Å². The highest BCUT2D eigenvalue weighted by Gasteiger charge is 2.35. The van der Waals surface area contributed by atoms with Crippen LogP contribution in [-0.4, -0.2) is 33.8 Å². The Morgan fingerprint density at radius 3 is 2.39 bits per heavy atom. The summed E-state index contributed by atoms with van der Waals surface area (Å²) >= 11 is 0. The van der Waals surface area contributed by atoms with E-state index in [2.05, 4.69) is 5.32 Å². The van der Waals surface area contributed by atoms with Crippen LogP contribution in [0.25, 0.3) is 0 Å². The lowest BCUT2D eigenvalue weighted by molar-refractivity contribution is -0.122. The second-order valence-corrected chi connectivity index (χ2v) is 10.0. The lowest BCUT2D eigenvalue weighted by atomic mass is 10.1. The highest BCUT2D eigenvalue weighted by Crippen LogP contribution is 2.27. The minimum Gasteiger partial charge on any atom is -0.326 e. The van der Waals surface area contributed by atoms with Gasteiger partial charge in [-0.2, -0.15) is 0 Å². The SMILES string of the molecule is Cc1ccc(N2CC(C(=O)Nc3cccc(S(=O)(=O)N(C)c4ccccc4)c3)CC2=O)cc1. The summed E-state index contributed by atoms with van der Waals surface area (Å²) in [7, 11) is -2.32. The van der Waals surface area contributed by atoms with Gasteiger partial charge >= 0.3 is 0 Å². The van der Waals surface area contributed by atoms with Gasteiger partial charge in [-0.15, -0.1) is 0 Å². The molecule has 7 nitrogen and oxygen atoms in total.